The van der Waals surface area contributed by atoms with Gasteiger partial charge in [0.05, 0.1) is 27.8 Å². The monoisotopic (exact) mass is 476 g/mol. The Morgan fingerprint density at radius 2 is 1.77 bits per heavy atom. The molecule has 0 radical (unpaired) electrons. The minimum Gasteiger partial charge on any atom is -0.497 e. The molecule has 182 valence electrons. The smallest absolute Gasteiger partial charge is 0.261 e. The van der Waals surface area contributed by atoms with E-state index in [0.29, 0.717) is 41.8 Å². The third-order valence-corrected chi connectivity index (χ3v) is 5.76. The summed E-state index contributed by atoms with van der Waals surface area (Å²) in [5.74, 6) is 2.35. The fourth-order valence-electron chi connectivity index (χ4n) is 3.95. The third-order valence-electron chi connectivity index (χ3n) is 5.76. The lowest BCUT2D eigenvalue weighted by molar-refractivity contribution is -0.133. The van der Waals surface area contributed by atoms with Crippen LogP contribution in [0, 0.1) is 0 Å². The van der Waals surface area contributed by atoms with Gasteiger partial charge in [0.25, 0.3) is 5.91 Å². The Hall–Kier alpha value is -4.20. The minimum absolute atomic E-state index is 0.0625. The maximum absolute atomic E-state index is 12.8. The number of rotatable bonds is 8. The van der Waals surface area contributed by atoms with Crippen molar-refractivity contribution in [2.24, 2.45) is 0 Å². The van der Waals surface area contributed by atoms with E-state index >= 15 is 0 Å². The molecule has 4 rings (SSSR count). The van der Waals surface area contributed by atoms with Crippen LogP contribution in [0.25, 0.3) is 0 Å². The van der Waals surface area contributed by atoms with E-state index in [-0.39, 0.29) is 24.8 Å². The lowest BCUT2D eigenvalue weighted by Gasteiger charge is -2.22. The summed E-state index contributed by atoms with van der Waals surface area (Å²) in [7, 11) is 4.77. The lowest BCUT2D eigenvalue weighted by atomic mass is 10.1. The number of fused-ring (bicyclic) bond motifs is 1. The molecule has 0 saturated carbocycles. The van der Waals surface area contributed by atoms with Gasteiger partial charge in [-0.1, -0.05) is 12.1 Å². The van der Waals surface area contributed by atoms with Crippen molar-refractivity contribution in [1.29, 1.82) is 0 Å². The first-order valence-corrected chi connectivity index (χ1v) is 11.2. The molecule has 3 aromatic rings. The molecule has 0 spiro atoms. The SMILES string of the molecule is COc1cccc(CC(=O)Nc2ccc3c(c2)CN(Cc2ccc(OC)cc2OC)C(=O)CO3)c1. The number of ether oxygens (including phenoxy) is 4. The van der Waals surface area contributed by atoms with Crippen LogP contribution in [0.3, 0.4) is 0 Å². The third kappa shape index (κ3) is 5.84. The summed E-state index contributed by atoms with van der Waals surface area (Å²) < 4.78 is 21.7. The lowest BCUT2D eigenvalue weighted by Crippen LogP contribution is -2.32. The average molecular weight is 477 g/mol. The van der Waals surface area contributed by atoms with Crippen LogP contribution in [0.5, 0.6) is 23.0 Å². The van der Waals surface area contributed by atoms with Gasteiger partial charge < -0.3 is 29.2 Å². The van der Waals surface area contributed by atoms with Crippen molar-refractivity contribution in [3.05, 3.63) is 77.4 Å². The van der Waals surface area contributed by atoms with Crippen LogP contribution >= 0.6 is 0 Å². The fourth-order valence-corrected chi connectivity index (χ4v) is 3.95. The second-order valence-corrected chi connectivity index (χ2v) is 8.12. The van der Waals surface area contributed by atoms with E-state index in [9.17, 15) is 9.59 Å². The Morgan fingerprint density at radius 3 is 2.54 bits per heavy atom. The molecule has 35 heavy (non-hydrogen) atoms. The molecule has 1 aliphatic rings. The van der Waals surface area contributed by atoms with Crippen molar-refractivity contribution in [3.8, 4) is 23.0 Å². The number of carbonyl (C=O) groups is 2. The molecule has 1 N–H and O–H groups in total. The van der Waals surface area contributed by atoms with Crippen LogP contribution in [0.4, 0.5) is 5.69 Å². The van der Waals surface area contributed by atoms with Crippen LogP contribution < -0.4 is 24.3 Å². The van der Waals surface area contributed by atoms with E-state index in [1.807, 2.05) is 42.5 Å². The molecule has 0 atom stereocenters. The predicted molar refractivity (Wildman–Crippen MR) is 131 cm³/mol. The highest BCUT2D eigenvalue weighted by Gasteiger charge is 2.23. The standard InChI is InChI=1S/C27H28N2O6/c1-32-22-6-4-5-18(11-22)12-26(30)28-21-8-10-24-20(13-21)16-29(27(31)17-35-24)15-19-7-9-23(33-2)14-25(19)34-3/h4-11,13-14H,12,15-17H2,1-3H3,(H,28,30). The zero-order chi connectivity index (χ0) is 24.8. The van der Waals surface area contributed by atoms with Crippen LogP contribution in [0.15, 0.2) is 60.7 Å². The highest BCUT2D eigenvalue weighted by atomic mass is 16.5. The number of amides is 2. The van der Waals surface area contributed by atoms with Crippen molar-refractivity contribution in [3.63, 3.8) is 0 Å². The largest absolute Gasteiger partial charge is 0.497 e. The van der Waals surface area contributed by atoms with E-state index in [4.69, 9.17) is 18.9 Å². The molecule has 0 fully saturated rings. The van der Waals surface area contributed by atoms with Gasteiger partial charge in [0.15, 0.2) is 6.61 Å². The predicted octanol–water partition coefficient (Wildman–Crippen LogP) is 3.81. The second-order valence-electron chi connectivity index (χ2n) is 8.12. The van der Waals surface area contributed by atoms with Gasteiger partial charge in [-0.25, -0.2) is 0 Å². The zero-order valence-electron chi connectivity index (χ0n) is 20.0. The molecule has 1 heterocycles. The number of hydrogen-bond donors (Lipinski definition) is 1. The molecule has 0 bridgehead atoms. The zero-order valence-corrected chi connectivity index (χ0v) is 20.0. The van der Waals surface area contributed by atoms with Crippen molar-refractivity contribution >= 4 is 17.5 Å². The van der Waals surface area contributed by atoms with Crippen LogP contribution in [-0.2, 0) is 29.1 Å². The Labute approximate surface area is 204 Å². The van der Waals surface area contributed by atoms with E-state index in [1.165, 1.54) is 0 Å². The highest BCUT2D eigenvalue weighted by Crippen LogP contribution is 2.30. The van der Waals surface area contributed by atoms with Gasteiger partial charge in [-0.15, -0.1) is 0 Å². The van der Waals surface area contributed by atoms with Crippen molar-refractivity contribution in [2.45, 2.75) is 19.5 Å². The van der Waals surface area contributed by atoms with Crippen molar-refractivity contribution in [2.75, 3.05) is 33.3 Å². The Kier molecular flexibility index (Phi) is 7.40. The van der Waals surface area contributed by atoms with Crippen molar-refractivity contribution < 1.29 is 28.5 Å². The molecule has 8 nitrogen and oxygen atoms in total. The molecule has 2 amide bonds. The summed E-state index contributed by atoms with van der Waals surface area (Å²) in [6.07, 6.45) is 0.215. The second kappa shape index (κ2) is 10.8. The first-order chi connectivity index (χ1) is 17.0. The van der Waals surface area contributed by atoms with E-state index < -0.39 is 0 Å². The molecule has 3 aromatic carbocycles. The van der Waals surface area contributed by atoms with Gasteiger partial charge in [-0.3, -0.25) is 9.59 Å². The van der Waals surface area contributed by atoms with Gasteiger partial charge in [0.1, 0.15) is 23.0 Å². The summed E-state index contributed by atoms with van der Waals surface area (Å²) in [4.78, 5) is 27.1. The molecule has 8 heteroatoms. The summed E-state index contributed by atoms with van der Waals surface area (Å²) in [5.41, 5.74) is 3.15. The molecular formula is C27H28N2O6. The molecule has 0 aromatic heterocycles. The average Bonchev–Trinajstić information content (AvgIpc) is 3.02. The van der Waals surface area contributed by atoms with Crippen molar-refractivity contribution in [1.82, 2.24) is 4.90 Å². The maximum atomic E-state index is 12.8. The van der Waals surface area contributed by atoms with Gasteiger partial charge in [0.2, 0.25) is 5.91 Å². The van der Waals surface area contributed by atoms with Gasteiger partial charge >= 0.3 is 0 Å². The van der Waals surface area contributed by atoms with Crippen LogP contribution in [0.1, 0.15) is 16.7 Å². The van der Waals surface area contributed by atoms with Gasteiger partial charge in [-0.2, -0.15) is 0 Å². The number of benzene rings is 3. The van der Waals surface area contributed by atoms with E-state index in [1.54, 1.807) is 44.4 Å². The quantitative estimate of drug-likeness (QED) is 0.532. The first kappa shape index (κ1) is 23.9. The summed E-state index contributed by atoms with van der Waals surface area (Å²) in [6, 6.07) is 18.3. The fraction of sp³-hybridized carbons (Fsp3) is 0.259. The molecule has 0 saturated heterocycles. The molecule has 1 aliphatic heterocycles. The summed E-state index contributed by atoms with van der Waals surface area (Å²) in [6.45, 7) is 0.622. The maximum Gasteiger partial charge on any atom is 0.261 e. The number of nitrogens with zero attached hydrogens (tertiary/aromatic N) is 1. The molecule has 0 aliphatic carbocycles. The minimum atomic E-state index is -0.149. The Balaban J connectivity index is 1.48. The van der Waals surface area contributed by atoms with Crippen LogP contribution in [0.2, 0.25) is 0 Å². The van der Waals surface area contributed by atoms with Gasteiger partial charge in [0, 0.05) is 36.0 Å². The molecule has 0 unspecified atom stereocenters. The Morgan fingerprint density at radius 1 is 0.971 bits per heavy atom. The summed E-state index contributed by atoms with van der Waals surface area (Å²) >= 11 is 0. The normalized spacial score (nSPS) is 12.8. The molecular weight excluding hydrogens is 448 g/mol. The number of methoxy groups -OCH3 is 3. The van der Waals surface area contributed by atoms with Gasteiger partial charge in [-0.05, 0) is 48.0 Å². The first-order valence-electron chi connectivity index (χ1n) is 11.2. The number of carbonyl (C=O) groups excluding carboxylic acids is 2. The number of nitrogens with one attached hydrogen (secondary N) is 1. The number of anilines is 1. The van der Waals surface area contributed by atoms with E-state index in [2.05, 4.69) is 5.32 Å². The van der Waals surface area contributed by atoms with Crippen LogP contribution in [-0.4, -0.2) is 44.7 Å². The summed E-state index contributed by atoms with van der Waals surface area (Å²) in [5, 5.41) is 2.93. The number of hydrogen-bond acceptors (Lipinski definition) is 6. The Bertz CT molecular complexity index is 1230. The topological polar surface area (TPSA) is 86.3 Å². The highest BCUT2D eigenvalue weighted by molar-refractivity contribution is 5.92. The van der Waals surface area contributed by atoms with E-state index in [0.717, 1.165) is 16.7 Å².